The van der Waals surface area contributed by atoms with Crippen molar-refractivity contribution in [1.82, 2.24) is 25.0 Å². The molecule has 0 spiro atoms. The average molecular weight is 356 g/mol. The van der Waals surface area contributed by atoms with Crippen LogP contribution >= 0.6 is 11.3 Å². The van der Waals surface area contributed by atoms with Crippen LogP contribution in [0.4, 0.5) is 5.69 Å². The molecule has 7 heteroatoms. The molecule has 132 valence electrons. The molecule has 0 aliphatic heterocycles. The lowest BCUT2D eigenvalue weighted by Crippen LogP contribution is -2.15. The predicted octanol–water partition coefficient (Wildman–Crippen LogP) is 4.45. The summed E-state index contributed by atoms with van der Waals surface area (Å²) in [6.45, 7) is 7.20. The van der Waals surface area contributed by atoms with Gasteiger partial charge in [0.25, 0.3) is 0 Å². The molecule has 1 aliphatic carbocycles. The van der Waals surface area contributed by atoms with Gasteiger partial charge in [0.05, 0.1) is 22.8 Å². The van der Waals surface area contributed by atoms with Crippen molar-refractivity contribution in [3.05, 3.63) is 17.4 Å². The molecule has 25 heavy (non-hydrogen) atoms. The van der Waals surface area contributed by atoms with E-state index < -0.39 is 0 Å². The Hall–Kier alpha value is -2.02. The van der Waals surface area contributed by atoms with Crippen molar-refractivity contribution in [2.45, 2.75) is 65.0 Å². The highest BCUT2D eigenvalue weighted by Gasteiger charge is 2.22. The lowest BCUT2D eigenvalue weighted by atomic mass is 10.1. The zero-order chi connectivity index (χ0) is 17.4. The highest BCUT2D eigenvalue weighted by molar-refractivity contribution is 7.14. The van der Waals surface area contributed by atoms with Gasteiger partial charge in [0.15, 0.2) is 10.7 Å². The Bertz CT molecular complexity index is 875. The van der Waals surface area contributed by atoms with Gasteiger partial charge in [0, 0.05) is 24.7 Å². The van der Waals surface area contributed by atoms with E-state index in [0.717, 1.165) is 38.8 Å². The molecule has 3 heterocycles. The van der Waals surface area contributed by atoms with Gasteiger partial charge in [-0.05, 0) is 19.8 Å². The SMILES string of the molecule is CCn1ncc2c(NC3CCCC3)c(-c3nnc(C(C)C)s3)cnc21. The topological polar surface area (TPSA) is 68.5 Å². The van der Waals surface area contributed by atoms with Crippen LogP contribution in [0.15, 0.2) is 12.4 Å². The Balaban J connectivity index is 1.83. The molecule has 0 aromatic carbocycles. The first-order valence-corrected chi connectivity index (χ1v) is 9.93. The first kappa shape index (κ1) is 16.4. The maximum atomic E-state index is 4.68. The van der Waals surface area contributed by atoms with Crippen LogP contribution in [0, 0.1) is 0 Å². The average Bonchev–Trinajstić information content (AvgIpc) is 3.35. The first-order valence-electron chi connectivity index (χ1n) is 9.12. The molecule has 1 fully saturated rings. The summed E-state index contributed by atoms with van der Waals surface area (Å²) in [7, 11) is 0. The maximum absolute atomic E-state index is 4.68. The Morgan fingerprint density at radius 3 is 2.72 bits per heavy atom. The number of pyridine rings is 1. The van der Waals surface area contributed by atoms with Gasteiger partial charge < -0.3 is 5.32 Å². The second-order valence-corrected chi connectivity index (χ2v) is 7.98. The monoisotopic (exact) mass is 356 g/mol. The van der Waals surface area contributed by atoms with E-state index in [2.05, 4.69) is 46.4 Å². The summed E-state index contributed by atoms with van der Waals surface area (Å²) < 4.78 is 1.94. The van der Waals surface area contributed by atoms with Crippen LogP contribution in [-0.4, -0.2) is 31.0 Å². The van der Waals surface area contributed by atoms with E-state index in [4.69, 9.17) is 0 Å². The molecular formula is C18H24N6S. The molecule has 0 saturated heterocycles. The lowest BCUT2D eigenvalue weighted by Gasteiger charge is -2.17. The highest BCUT2D eigenvalue weighted by atomic mass is 32.1. The van der Waals surface area contributed by atoms with E-state index in [-0.39, 0.29) is 0 Å². The molecule has 3 aromatic heterocycles. The van der Waals surface area contributed by atoms with Gasteiger partial charge >= 0.3 is 0 Å². The molecule has 1 saturated carbocycles. The van der Waals surface area contributed by atoms with Crippen molar-refractivity contribution in [3.8, 4) is 10.6 Å². The third-order valence-electron chi connectivity index (χ3n) is 4.83. The van der Waals surface area contributed by atoms with Gasteiger partial charge in [-0.2, -0.15) is 5.10 Å². The third kappa shape index (κ3) is 3.01. The molecule has 0 atom stereocenters. The lowest BCUT2D eigenvalue weighted by molar-refractivity contribution is 0.677. The zero-order valence-electron chi connectivity index (χ0n) is 15.0. The van der Waals surface area contributed by atoms with E-state index in [9.17, 15) is 0 Å². The van der Waals surface area contributed by atoms with Gasteiger partial charge in [-0.3, -0.25) is 0 Å². The van der Waals surface area contributed by atoms with E-state index in [1.165, 1.54) is 25.7 Å². The Morgan fingerprint density at radius 1 is 1.24 bits per heavy atom. The summed E-state index contributed by atoms with van der Waals surface area (Å²) in [6, 6.07) is 0.520. The van der Waals surface area contributed by atoms with Crippen molar-refractivity contribution >= 4 is 28.1 Å². The Morgan fingerprint density at radius 2 is 2.04 bits per heavy atom. The standard InChI is InChI=1S/C18H24N6S/c1-4-24-16-13(10-20-24)15(21-12-7-5-6-8-12)14(9-19-16)18-23-22-17(25-18)11(2)3/h9-12H,4-8H2,1-3H3,(H,19,21). The van der Waals surface area contributed by atoms with E-state index in [1.54, 1.807) is 11.3 Å². The quantitative estimate of drug-likeness (QED) is 0.731. The van der Waals surface area contributed by atoms with Crippen molar-refractivity contribution in [1.29, 1.82) is 0 Å². The third-order valence-corrected chi connectivity index (χ3v) is 6.09. The minimum Gasteiger partial charge on any atom is -0.381 e. The van der Waals surface area contributed by atoms with Crippen LogP contribution in [0.1, 0.15) is 57.4 Å². The number of nitrogens with zero attached hydrogens (tertiary/aromatic N) is 5. The fourth-order valence-electron chi connectivity index (χ4n) is 3.43. The molecule has 1 aliphatic rings. The summed E-state index contributed by atoms with van der Waals surface area (Å²) in [5, 5.41) is 20.1. The van der Waals surface area contributed by atoms with E-state index in [0.29, 0.717) is 12.0 Å². The Kier molecular flexibility index (Phi) is 4.41. The minimum atomic E-state index is 0.386. The Labute approximate surface area is 151 Å². The normalized spacial score (nSPS) is 15.5. The number of aromatic nitrogens is 5. The van der Waals surface area contributed by atoms with Crippen molar-refractivity contribution in [2.75, 3.05) is 5.32 Å². The molecule has 0 unspecified atom stereocenters. The van der Waals surface area contributed by atoms with E-state index in [1.807, 2.05) is 17.1 Å². The molecule has 6 nitrogen and oxygen atoms in total. The first-order chi connectivity index (χ1) is 12.2. The second kappa shape index (κ2) is 6.71. The van der Waals surface area contributed by atoms with Gasteiger partial charge in [0.2, 0.25) is 0 Å². The fraction of sp³-hybridized carbons (Fsp3) is 0.556. The van der Waals surface area contributed by atoms with Crippen LogP contribution in [0.3, 0.4) is 0 Å². The predicted molar refractivity (Wildman–Crippen MR) is 102 cm³/mol. The highest BCUT2D eigenvalue weighted by Crippen LogP contribution is 2.37. The van der Waals surface area contributed by atoms with Crippen molar-refractivity contribution in [2.24, 2.45) is 0 Å². The molecular weight excluding hydrogens is 332 g/mol. The van der Waals surface area contributed by atoms with Crippen molar-refractivity contribution < 1.29 is 0 Å². The van der Waals surface area contributed by atoms with E-state index >= 15 is 0 Å². The smallest absolute Gasteiger partial charge is 0.159 e. The molecule has 3 aromatic rings. The number of nitrogens with one attached hydrogen (secondary N) is 1. The number of hydrogen-bond donors (Lipinski definition) is 1. The summed E-state index contributed by atoms with van der Waals surface area (Å²) in [5.41, 5.74) is 3.09. The number of rotatable bonds is 5. The van der Waals surface area contributed by atoms with Gasteiger partial charge in [-0.15, -0.1) is 10.2 Å². The number of hydrogen-bond acceptors (Lipinski definition) is 6. The largest absolute Gasteiger partial charge is 0.381 e. The van der Waals surface area contributed by atoms with Crippen LogP contribution in [0.25, 0.3) is 21.6 Å². The van der Waals surface area contributed by atoms with Gasteiger partial charge in [-0.25, -0.2) is 9.67 Å². The zero-order valence-corrected chi connectivity index (χ0v) is 15.8. The second-order valence-electron chi connectivity index (χ2n) is 6.97. The van der Waals surface area contributed by atoms with Crippen LogP contribution in [0.2, 0.25) is 0 Å². The minimum absolute atomic E-state index is 0.386. The molecule has 0 radical (unpaired) electrons. The van der Waals surface area contributed by atoms with Crippen LogP contribution < -0.4 is 5.32 Å². The summed E-state index contributed by atoms with van der Waals surface area (Å²) in [6.07, 6.45) is 8.89. The van der Waals surface area contributed by atoms with Gasteiger partial charge in [0.1, 0.15) is 5.01 Å². The molecule has 0 bridgehead atoms. The molecule has 1 N–H and O–H groups in total. The summed E-state index contributed by atoms with van der Waals surface area (Å²) in [5.74, 6) is 0.386. The summed E-state index contributed by atoms with van der Waals surface area (Å²) in [4.78, 5) is 4.68. The number of fused-ring (bicyclic) bond motifs is 1. The summed E-state index contributed by atoms with van der Waals surface area (Å²) >= 11 is 1.66. The van der Waals surface area contributed by atoms with Crippen LogP contribution in [0.5, 0.6) is 0 Å². The number of anilines is 1. The van der Waals surface area contributed by atoms with Gasteiger partial charge in [-0.1, -0.05) is 38.0 Å². The van der Waals surface area contributed by atoms with Crippen molar-refractivity contribution in [3.63, 3.8) is 0 Å². The maximum Gasteiger partial charge on any atom is 0.159 e. The number of aryl methyl sites for hydroxylation is 1. The molecule has 0 amide bonds. The fourth-order valence-corrected chi connectivity index (χ4v) is 4.29. The molecule has 4 rings (SSSR count). The van der Waals surface area contributed by atoms with Crippen LogP contribution in [-0.2, 0) is 6.54 Å².